The van der Waals surface area contributed by atoms with Crippen LogP contribution in [0.3, 0.4) is 0 Å². The van der Waals surface area contributed by atoms with Gasteiger partial charge < -0.3 is 10.1 Å². The van der Waals surface area contributed by atoms with Crippen LogP contribution in [0.2, 0.25) is 0 Å². The van der Waals surface area contributed by atoms with Crippen molar-refractivity contribution in [2.75, 3.05) is 21.2 Å². The van der Waals surface area contributed by atoms with E-state index in [0.29, 0.717) is 5.75 Å². The van der Waals surface area contributed by atoms with E-state index in [-0.39, 0.29) is 15.6 Å². The summed E-state index contributed by atoms with van der Waals surface area (Å²) in [6.45, 7) is 0. The number of rotatable bonds is 9. The molecule has 0 aliphatic carbocycles. The average molecular weight is 418 g/mol. The molecule has 2 rings (SSSR count). The van der Waals surface area contributed by atoms with Gasteiger partial charge in [0, 0.05) is 7.05 Å². The maximum atomic E-state index is 12.6. The Bertz CT molecular complexity index is 987. The van der Waals surface area contributed by atoms with Crippen molar-refractivity contribution < 1.29 is 27.5 Å². The van der Waals surface area contributed by atoms with Crippen molar-refractivity contribution in [1.29, 1.82) is 0 Å². The molecule has 0 fully saturated rings. The van der Waals surface area contributed by atoms with Gasteiger partial charge >= 0.3 is 5.91 Å². The highest BCUT2D eigenvalue weighted by molar-refractivity contribution is 7.89. The zero-order valence-electron chi connectivity index (χ0n) is 16.3. The lowest BCUT2D eigenvalue weighted by atomic mass is 10.00. The number of hydrogen-bond acceptors (Lipinski definition) is 7. The van der Waals surface area contributed by atoms with Gasteiger partial charge in [-0.25, -0.2) is 12.7 Å². The van der Waals surface area contributed by atoms with Gasteiger partial charge in [-0.1, -0.05) is 30.3 Å². The van der Waals surface area contributed by atoms with Crippen LogP contribution < -0.4 is 10.1 Å². The largest absolute Gasteiger partial charge is 0.497 e. The Morgan fingerprint density at radius 2 is 1.62 bits per heavy atom. The minimum Gasteiger partial charge on any atom is -0.497 e. The third-order valence-electron chi connectivity index (χ3n) is 4.37. The highest BCUT2D eigenvalue weighted by Crippen LogP contribution is 2.19. The first-order valence-electron chi connectivity index (χ1n) is 8.69. The van der Waals surface area contributed by atoms with Gasteiger partial charge in [0.1, 0.15) is 5.75 Å². The van der Waals surface area contributed by atoms with Gasteiger partial charge in [-0.15, -0.1) is 0 Å². The Labute approximate surface area is 169 Å². The fraction of sp³-hybridized carbons (Fsp3) is 0.250. The molecule has 1 unspecified atom stereocenters. The number of sulfonamides is 1. The first-order valence-corrected chi connectivity index (χ1v) is 10.1. The van der Waals surface area contributed by atoms with Crippen LogP contribution in [0.25, 0.3) is 0 Å². The third kappa shape index (κ3) is 5.07. The number of methoxy groups -OCH3 is 1. The van der Waals surface area contributed by atoms with Gasteiger partial charge in [0.15, 0.2) is 0 Å². The van der Waals surface area contributed by atoms with Crippen molar-refractivity contribution in [3.05, 3.63) is 60.2 Å². The fourth-order valence-corrected chi connectivity index (χ4v) is 3.69. The molecule has 0 aliphatic heterocycles. The summed E-state index contributed by atoms with van der Waals surface area (Å²) in [5.74, 6) is -3.39. The zero-order valence-corrected chi connectivity index (χ0v) is 17.1. The smallest absolute Gasteiger partial charge is 0.311 e. The topological polar surface area (TPSA) is 110 Å². The van der Waals surface area contributed by atoms with Crippen molar-refractivity contribution in [3.8, 4) is 5.75 Å². The molecule has 9 heteroatoms. The standard InChI is InChI=1S/C20H22N2O6S/c1-21-17(13-14-7-5-4-6-8-14)18(23)19(24)20(25)22(2)29(26,27)16-11-9-15(28-3)10-12-16/h4-12,17,21H,13H2,1-3H3. The second kappa shape index (κ2) is 9.44. The molecule has 0 bridgehead atoms. The lowest BCUT2D eigenvalue weighted by Gasteiger charge is -2.19. The van der Waals surface area contributed by atoms with Gasteiger partial charge in [0.2, 0.25) is 5.78 Å². The second-order valence-corrected chi connectivity index (χ2v) is 8.15. The third-order valence-corrected chi connectivity index (χ3v) is 6.12. The summed E-state index contributed by atoms with van der Waals surface area (Å²) < 4.78 is 30.5. The molecule has 8 nitrogen and oxygen atoms in total. The molecule has 154 valence electrons. The molecule has 0 aromatic heterocycles. The number of likely N-dealkylation sites (N-methyl/N-ethyl adjacent to an activating group) is 2. The predicted octanol–water partition coefficient (Wildman–Crippen LogP) is 0.811. The highest BCUT2D eigenvalue weighted by atomic mass is 32.2. The van der Waals surface area contributed by atoms with Crippen LogP contribution in [-0.4, -0.2) is 57.4 Å². The first-order chi connectivity index (χ1) is 13.7. The van der Waals surface area contributed by atoms with Crippen molar-refractivity contribution >= 4 is 27.5 Å². The molecule has 0 spiro atoms. The molecule has 2 aromatic carbocycles. The summed E-state index contributed by atoms with van der Waals surface area (Å²) in [6, 6.07) is 13.3. The van der Waals surface area contributed by atoms with Crippen LogP contribution in [-0.2, 0) is 30.8 Å². The van der Waals surface area contributed by atoms with E-state index < -0.39 is 33.5 Å². The molecule has 0 radical (unpaired) electrons. The number of carbonyl (C=O) groups excluding carboxylic acids is 3. The molecule has 1 N–H and O–H groups in total. The number of benzene rings is 2. The second-order valence-electron chi connectivity index (χ2n) is 6.18. The predicted molar refractivity (Wildman–Crippen MR) is 106 cm³/mol. The van der Waals surface area contributed by atoms with Crippen LogP contribution in [0.5, 0.6) is 5.75 Å². The van der Waals surface area contributed by atoms with Gasteiger partial charge in [-0.05, 0) is 43.3 Å². The van der Waals surface area contributed by atoms with E-state index in [1.807, 2.05) is 6.07 Å². The maximum absolute atomic E-state index is 12.6. The first kappa shape index (κ1) is 22.3. The van der Waals surface area contributed by atoms with Gasteiger partial charge in [0.05, 0.1) is 18.0 Å². The summed E-state index contributed by atoms with van der Waals surface area (Å²) in [6.07, 6.45) is 0.185. The molecular weight excluding hydrogens is 396 g/mol. The molecule has 29 heavy (non-hydrogen) atoms. The lowest BCUT2D eigenvalue weighted by molar-refractivity contribution is -0.147. The minimum absolute atomic E-state index is 0.185. The van der Waals surface area contributed by atoms with E-state index in [0.717, 1.165) is 12.6 Å². The van der Waals surface area contributed by atoms with Crippen LogP contribution in [0.4, 0.5) is 0 Å². The number of hydrogen-bond donors (Lipinski definition) is 1. The van der Waals surface area contributed by atoms with E-state index in [4.69, 9.17) is 4.74 Å². The average Bonchev–Trinajstić information content (AvgIpc) is 2.76. The molecule has 0 saturated carbocycles. The Balaban J connectivity index is 2.17. The summed E-state index contributed by atoms with van der Waals surface area (Å²) in [5.41, 5.74) is 0.791. The molecule has 1 atom stereocenters. The monoisotopic (exact) mass is 418 g/mol. The van der Waals surface area contributed by atoms with Gasteiger partial charge in [-0.2, -0.15) is 0 Å². The van der Waals surface area contributed by atoms with Crippen molar-refractivity contribution in [3.63, 3.8) is 0 Å². The summed E-state index contributed by atoms with van der Waals surface area (Å²) in [4.78, 5) is 37.1. The quantitative estimate of drug-likeness (QED) is 0.474. The normalized spacial score (nSPS) is 12.1. The van der Waals surface area contributed by atoms with E-state index in [1.165, 1.54) is 38.4 Å². The van der Waals surface area contributed by atoms with Gasteiger partial charge in [0.25, 0.3) is 15.8 Å². The van der Waals surface area contributed by atoms with Crippen LogP contribution in [0, 0.1) is 0 Å². The molecule has 0 aliphatic rings. The Morgan fingerprint density at radius 3 is 2.14 bits per heavy atom. The molecule has 2 aromatic rings. The molecule has 0 saturated heterocycles. The summed E-state index contributed by atoms with van der Waals surface area (Å²) >= 11 is 0. The number of nitrogens with one attached hydrogen (secondary N) is 1. The number of carbonyl (C=O) groups is 3. The zero-order chi connectivity index (χ0) is 21.6. The summed E-state index contributed by atoms with van der Waals surface area (Å²) in [7, 11) is -0.440. The van der Waals surface area contributed by atoms with Crippen LogP contribution >= 0.6 is 0 Å². The SMILES string of the molecule is CNC(Cc1ccccc1)C(=O)C(=O)C(=O)N(C)S(=O)(=O)c1ccc(OC)cc1. The van der Waals surface area contributed by atoms with E-state index >= 15 is 0 Å². The van der Waals surface area contributed by atoms with Crippen molar-refractivity contribution in [2.45, 2.75) is 17.4 Å². The summed E-state index contributed by atoms with van der Waals surface area (Å²) in [5, 5.41) is 2.70. The number of Topliss-reactive ketones (excluding diaryl/α,β-unsaturated/α-hetero) is 2. The van der Waals surface area contributed by atoms with E-state index in [1.54, 1.807) is 24.3 Å². The van der Waals surface area contributed by atoms with E-state index in [2.05, 4.69) is 5.32 Å². The number of nitrogens with zero attached hydrogens (tertiary/aromatic N) is 1. The van der Waals surface area contributed by atoms with Crippen molar-refractivity contribution in [2.24, 2.45) is 0 Å². The van der Waals surface area contributed by atoms with Crippen LogP contribution in [0.1, 0.15) is 5.56 Å². The Hall–Kier alpha value is -3.04. The highest BCUT2D eigenvalue weighted by Gasteiger charge is 2.36. The Morgan fingerprint density at radius 1 is 1.03 bits per heavy atom. The minimum atomic E-state index is -4.30. The molecule has 0 heterocycles. The Kier molecular flexibility index (Phi) is 7.24. The van der Waals surface area contributed by atoms with E-state index in [9.17, 15) is 22.8 Å². The molecule has 1 amide bonds. The number of ether oxygens (including phenoxy) is 1. The van der Waals surface area contributed by atoms with Gasteiger partial charge in [-0.3, -0.25) is 14.4 Å². The fourth-order valence-electron chi connectivity index (χ4n) is 2.60. The maximum Gasteiger partial charge on any atom is 0.311 e. The van der Waals surface area contributed by atoms with Crippen molar-refractivity contribution in [1.82, 2.24) is 9.62 Å². The van der Waals surface area contributed by atoms with Crippen LogP contribution in [0.15, 0.2) is 59.5 Å². The molecular formula is C20H22N2O6S. The number of ketones is 2. The number of amides is 1. The lowest BCUT2D eigenvalue weighted by Crippen LogP contribution is -2.47.